The van der Waals surface area contributed by atoms with Crippen molar-refractivity contribution in [3.63, 3.8) is 0 Å². The van der Waals surface area contributed by atoms with Gasteiger partial charge in [0, 0.05) is 7.05 Å². The summed E-state index contributed by atoms with van der Waals surface area (Å²) in [4.78, 5) is 8.81. The summed E-state index contributed by atoms with van der Waals surface area (Å²) in [5.41, 5.74) is 2.67. The molecule has 0 atom stereocenters. The van der Waals surface area contributed by atoms with Gasteiger partial charge >= 0.3 is 0 Å². The van der Waals surface area contributed by atoms with Crippen molar-refractivity contribution in [1.82, 2.24) is 20.2 Å². The third kappa shape index (κ3) is 1.99. The van der Waals surface area contributed by atoms with Crippen molar-refractivity contribution < 1.29 is 4.84 Å². The molecule has 0 unspecified atom stereocenters. The summed E-state index contributed by atoms with van der Waals surface area (Å²) >= 11 is 0. The van der Waals surface area contributed by atoms with Crippen molar-refractivity contribution in [1.29, 1.82) is 0 Å². The fourth-order valence-corrected chi connectivity index (χ4v) is 0.739. The van der Waals surface area contributed by atoms with Crippen LogP contribution in [0.5, 0.6) is 0 Å². The Bertz CT molecular complexity index is 213. The Labute approximate surface area is 65.3 Å². The largest absolute Gasteiger partial charge is 0.305 e. The monoisotopic (exact) mass is 156 g/mol. The number of aryl methyl sites for hydroxylation is 2. The minimum absolute atomic E-state index is 0.540. The molecule has 1 aromatic rings. The molecule has 0 amide bonds. The normalized spacial score (nSPS) is 10.5. The van der Waals surface area contributed by atoms with E-state index >= 15 is 0 Å². The second-order valence-corrected chi connectivity index (χ2v) is 2.22. The molecule has 0 bridgehead atoms. The van der Waals surface area contributed by atoms with Crippen molar-refractivity contribution in [2.45, 2.75) is 13.5 Å². The molecule has 62 valence electrons. The maximum atomic E-state index is 4.66. The van der Waals surface area contributed by atoms with E-state index < -0.39 is 0 Å². The topological polar surface area (TPSA) is 52.0 Å². The van der Waals surface area contributed by atoms with Gasteiger partial charge in [0.1, 0.15) is 5.82 Å². The molecule has 0 aliphatic rings. The molecule has 0 fully saturated rings. The molecular weight excluding hydrogens is 144 g/mol. The highest BCUT2D eigenvalue weighted by atomic mass is 16.6. The highest BCUT2D eigenvalue weighted by Gasteiger charge is 2.00. The SMILES string of the molecule is CONCc1nc(C)n(C)n1. The second kappa shape index (κ2) is 3.45. The first-order chi connectivity index (χ1) is 5.24. The lowest BCUT2D eigenvalue weighted by Gasteiger charge is -1.94. The lowest BCUT2D eigenvalue weighted by molar-refractivity contribution is 0.0848. The molecular formula is C6H12N4O. The van der Waals surface area contributed by atoms with Gasteiger partial charge in [-0.2, -0.15) is 10.6 Å². The molecule has 0 aromatic carbocycles. The molecule has 0 aliphatic heterocycles. The van der Waals surface area contributed by atoms with Gasteiger partial charge in [0.05, 0.1) is 13.7 Å². The molecule has 5 heteroatoms. The van der Waals surface area contributed by atoms with Gasteiger partial charge in [-0.3, -0.25) is 4.68 Å². The Kier molecular flexibility index (Phi) is 2.56. The highest BCUT2D eigenvalue weighted by molar-refractivity contribution is 4.88. The maximum Gasteiger partial charge on any atom is 0.167 e. The fourth-order valence-electron chi connectivity index (χ4n) is 0.739. The zero-order valence-electron chi connectivity index (χ0n) is 6.96. The minimum atomic E-state index is 0.540. The van der Waals surface area contributed by atoms with Crippen LogP contribution in [0.4, 0.5) is 0 Å². The quantitative estimate of drug-likeness (QED) is 0.614. The molecule has 0 aliphatic carbocycles. The summed E-state index contributed by atoms with van der Waals surface area (Å²) in [6, 6.07) is 0. The van der Waals surface area contributed by atoms with Crippen LogP contribution in [0.25, 0.3) is 0 Å². The van der Waals surface area contributed by atoms with E-state index in [-0.39, 0.29) is 0 Å². The van der Waals surface area contributed by atoms with Crippen LogP contribution in [0.3, 0.4) is 0 Å². The molecule has 0 saturated heterocycles. The minimum Gasteiger partial charge on any atom is -0.305 e. The van der Waals surface area contributed by atoms with Gasteiger partial charge in [-0.15, -0.1) is 0 Å². The van der Waals surface area contributed by atoms with Gasteiger partial charge < -0.3 is 4.84 Å². The summed E-state index contributed by atoms with van der Waals surface area (Å²) in [5, 5.41) is 4.11. The number of hydrogen-bond donors (Lipinski definition) is 1. The molecule has 1 N–H and O–H groups in total. The van der Waals surface area contributed by atoms with E-state index in [1.807, 2.05) is 14.0 Å². The van der Waals surface area contributed by atoms with E-state index in [1.165, 1.54) is 0 Å². The van der Waals surface area contributed by atoms with Gasteiger partial charge in [0.25, 0.3) is 0 Å². The van der Waals surface area contributed by atoms with Crippen LogP contribution in [-0.4, -0.2) is 21.9 Å². The van der Waals surface area contributed by atoms with Crippen LogP contribution in [0.1, 0.15) is 11.6 Å². The summed E-state index contributed by atoms with van der Waals surface area (Å²) < 4.78 is 1.73. The van der Waals surface area contributed by atoms with Crippen molar-refractivity contribution in [2.75, 3.05) is 7.11 Å². The predicted octanol–water partition coefficient (Wildman–Crippen LogP) is -0.225. The van der Waals surface area contributed by atoms with Gasteiger partial charge in [0.15, 0.2) is 5.82 Å². The first kappa shape index (κ1) is 8.16. The fraction of sp³-hybridized carbons (Fsp3) is 0.667. The summed E-state index contributed by atoms with van der Waals surface area (Å²) in [6.07, 6.45) is 0. The first-order valence-corrected chi connectivity index (χ1v) is 3.36. The van der Waals surface area contributed by atoms with Crippen LogP contribution in [0, 0.1) is 6.92 Å². The number of hydrogen-bond acceptors (Lipinski definition) is 4. The van der Waals surface area contributed by atoms with Crippen molar-refractivity contribution >= 4 is 0 Å². The third-order valence-electron chi connectivity index (χ3n) is 1.40. The second-order valence-electron chi connectivity index (χ2n) is 2.22. The van der Waals surface area contributed by atoms with E-state index in [4.69, 9.17) is 0 Å². The van der Waals surface area contributed by atoms with Crippen LogP contribution < -0.4 is 5.48 Å². The molecule has 11 heavy (non-hydrogen) atoms. The smallest absolute Gasteiger partial charge is 0.167 e. The van der Waals surface area contributed by atoms with Crippen LogP contribution in [0.15, 0.2) is 0 Å². The average Bonchev–Trinajstić information content (AvgIpc) is 2.28. The van der Waals surface area contributed by atoms with Crippen molar-refractivity contribution in [3.8, 4) is 0 Å². The van der Waals surface area contributed by atoms with Gasteiger partial charge in [0.2, 0.25) is 0 Å². The van der Waals surface area contributed by atoms with E-state index in [1.54, 1.807) is 11.8 Å². The molecule has 5 nitrogen and oxygen atoms in total. The van der Waals surface area contributed by atoms with Crippen molar-refractivity contribution in [3.05, 3.63) is 11.6 Å². The summed E-state index contributed by atoms with van der Waals surface area (Å²) in [5.74, 6) is 1.64. The molecule has 0 saturated carbocycles. The van der Waals surface area contributed by atoms with E-state index in [9.17, 15) is 0 Å². The van der Waals surface area contributed by atoms with Crippen LogP contribution in [-0.2, 0) is 18.4 Å². The number of rotatable bonds is 3. The third-order valence-corrected chi connectivity index (χ3v) is 1.40. The van der Waals surface area contributed by atoms with Gasteiger partial charge in [-0.05, 0) is 6.92 Å². The Balaban J connectivity index is 2.58. The molecule has 1 heterocycles. The summed E-state index contributed by atoms with van der Waals surface area (Å²) in [6.45, 7) is 2.45. The lowest BCUT2D eigenvalue weighted by atomic mass is 10.6. The molecule has 0 spiro atoms. The van der Waals surface area contributed by atoms with E-state index in [0.29, 0.717) is 6.54 Å². The number of nitrogens with zero attached hydrogens (tertiary/aromatic N) is 3. The molecule has 1 rings (SSSR count). The zero-order chi connectivity index (χ0) is 8.27. The maximum absolute atomic E-state index is 4.66. The predicted molar refractivity (Wildman–Crippen MR) is 39.6 cm³/mol. The first-order valence-electron chi connectivity index (χ1n) is 3.36. The Morgan fingerprint density at radius 2 is 2.36 bits per heavy atom. The Morgan fingerprint density at radius 1 is 1.64 bits per heavy atom. The van der Waals surface area contributed by atoms with E-state index in [2.05, 4.69) is 20.4 Å². The van der Waals surface area contributed by atoms with Crippen LogP contribution in [0.2, 0.25) is 0 Å². The van der Waals surface area contributed by atoms with Crippen LogP contribution >= 0.6 is 0 Å². The Morgan fingerprint density at radius 3 is 2.82 bits per heavy atom. The lowest BCUT2D eigenvalue weighted by Crippen LogP contribution is -2.12. The number of hydroxylamine groups is 1. The van der Waals surface area contributed by atoms with Gasteiger partial charge in [-0.1, -0.05) is 0 Å². The van der Waals surface area contributed by atoms with Gasteiger partial charge in [-0.25, -0.2) is 4.98 Å². The summed E-state index contributed by atoms with van der Waals surface area (Å²) in [7, 11) is 3.43. The number of aromatic nitrogens is 3. The highest BCUT2D eigenvalue weighted by Crippen LogP contribution is 1.92. The molecule has 0 radical (unpaired) electrons. The standard InChI is InChI=1S/C6H12N4O/c1-5-8-6(4-7-11-3)9-10(5)2/h7H,4H2,1-3H3. The average molecular weight is 156 g/mol. The number of nitrogens with one attached hydrogen (secondary N) is 1. The van der Waals surface area contributed by atoms with Crippen molar-refractivity contribution in [2.24, 2.45) is 7.05 Å². The zero-order valence-corrected chi connectivity index (χ0v) is 6.96. The Hall–Kier alpha value is -0.940. The van der Waals surface area contributed by atoms with E-state index in [0.717, 1.165) is 11.6 Å². The molecule has 1 aromatic heterocycles.